The molecular formula is C24H30N4O3. The minimum absolute atomic E-state index is 0.0836. The minimum atomic E-state index is 0.0836. The van der Waals surface area contributed by atoms with E-state index in [1.807, 2.05) is 61.4 Å². The second kappa shape index (κ2) is 8.98. The van der Waals surface area contributed by atoms with Crippen LogP contribution < -0.4 is 4.74 Å². The Hall–Kier alpha value is -3.06. The van der Waals surface area contributed by atoms with Crippen LogP contribution >= 0.6 is 0 Å². The van der Waals surface area contributed by atoms with Crippen LogP contribution in [0.25, 0.3) is 5.82 Å². The molecule has 0 radical (unpaired) electrons. The largest absolute Gasteiger partial charge is 0.494 e. The summed E-state index contributed by atoms with van der Waals surface area (Å²) in [6.07, 6.45) is 0. The number of hydrogen-bond donors (Lipinski definition) is 0. The van der Waals surface area contributed by atoms with E-state index in [1.165, 1.54) is 5.56 Å². The van der Waals surface area contributed by atoms with Crippen LogP contribution in [0.2, 0.25) is 0 Å². The standard InChI is InChI=1S/C24H30N4O3/c1-5-30-21-8-6-20(7-9-21)16-26-10-12-27(13-11-26)24(29)22-14-17(2)28(19(22)4)23-15-18(3)31-25-23/h6-9,14-15H,5,10-13,16H2,1-4H3. The lowest BCUT2D eigenvalue weighted by Gasteiger charge is -2.34. The van der Waals surface area contributed by atoms with Crippen molar-refractivity contribution in [2.24, 2.45) is 0 Å². The van der Waals surface area contributed by atoms with Crippen molar-refractivity contribution in [2.75, 3.05) is 32.8 Å². The molecule has 0 aliphatic carbocycles. The third-order valence-electron chi connectivity index (χ3n) is 5.81. The molecule has 1 fully saturated rings. The highest BCUT2D eigenvalue weighted by molar-refractivity contribution is 5.96. The number of ether oxygens (including phenoxy) is 1. The summed E-state index contributed by atoms with van der Waals surface area (Å²) in [6.45, 7) is 12.5. The van der Waals surface area contributed by atoms with Gasteiger partial charge >= 0.3 is 0 Å². The number of benzene rings is 1. The normalized spacial score (nSPS) is 14.8. The van der Waals surface area contributed by atoms with Crippen LogP contribution in [-0.2, 0) is 6.54 Å². The van der Waals surface area contributed by atoms with Gasteiger partial charge in [-0.1, -0.05) is 17.3 Å². The Morgan fingerprint density at radius 3 is 2.39 bits per heavy atom. The number of rotatable bonds is 6. The van der Waals surface area contributed by atoms with Crippen molar-refractivity contribution in [1.29, 1.82) is 0 Å². The lowest BCUT2D eigenvalue weighted by Crippen LogP contribution is -2.48. The molecule has 7 heteroatoms. The summed E-state index contributed by atoms with van der Waals surface area (Å²) in [5.41, 5.74) is 3.86. The highest BCUT2D eigenvalue weighted by Crippen LogP contribution is 2.23. The lowest BCUT2D eigenvalue weighted by molar-refractivity contribution is 0.0627. The Balaban J connectivity index is 1.38. The summed E-state index contributed by atoms with van der Waals surface area (Å²) in [5, 5.41) is 4.11. The number of carbonyl (C=O) groups is 1. The molecule has 1 aliphatic rings. The van der Waals surface area contributed by atoms with Crippen molar-refractivity contribution in [1.82, 2.24) is 19.5 Å². The van der Waals surface area contributed by atoms with E-state index in [9.17, 15) is 4.79 Å². The second-order valence-electron chi connectivity index (χ2n) is 8.06. The highest BCUT2D eigenvalue weighted by atomic mass is 16.5. The maximum absolute atomic E-state index is 13.2. The summed E-state index contributed by atoms with van der Waals surface area (Å²) in [4.78, 5) is 17.6. The molecule has 1 amide bonds. The molecule has 0 spiro atoms. The third kappa shape index (κ3) is 4.51. The van der Waals surface area contributed by atoms with Gasteiger partial charge in [0.1, 0.15) is 11.5 Å². The Kier molecular flexibility index (Phi) is 6.13. The molecule has 4 rings (SSSR count). The third-order valence-corrected chi connectivity index (χ3v) is 5.81. The SMILES string of the molecule is CCOc1ccc(CN2CCN(C(=O)c3cc(C)n(-c4cc(C)on4)c3C)CC2)cc1. The maximum Gasteiger partial charge on any atom is 0.255 e. The molecule has 31 heavy (non-hydrogen) atoms. The van der Waals surface area contributed by atoms with Gasteiger partial charge in [-0.15, -0.1) is 0 Å². The highest BCUT2D eigenvalue weighted by Gasteiger charge is 2.26. The van der Waals surface area contributed by atoms with Crippen molar-refractivity contribution in [3.05, 3.63) is 64.7 Å². The fraction of sp³-hybridized carbons (Fsp3) is 0.417. The van der Waals surface area contributed by atoms with Gasteiger partial charge in [-0.25, -0.2) is 0 Å². The first-order chi connectivity index (χ1) is 15.0. The average molecular weight is 423 g/mol. The Labute approximate surface area is 183 Å². The van der Waals surface area contributed by atoms with Crippen LogP contribution in [0.3, 0.4) is 0 Å². The molecule has 7 nitrogen and oxygen atoms in total. The van der Waals surface area contributed by atoms with E-state index in [4.69, 9.17) is 9.26 Å². The van der Waals surface area contributed by atoms with E-state index in [2.05, 4.69) is 22.2 Å². The summed E-state index contributed by atoms with van der Waals surface area (Å²) in [6, 6.07) is 12.1. The van der Waals surface area contributed by atoms with E-state index in [0.717, 1.165) is 61.2 Å². The Bertz CT molecular complexity index is 1040. The van der Waals surface area contributed by atoms with Crippen molar-refractivity contribution in [2.45, 2.75) is 34.2 Å². The van der Waals surface area contributed by atoms with Crippen molar-refractivity contribution < 1.29 is 14.1 Å². The van der Waals surface area contributed by atoms with Gasteiger partial charge in [0.05, 0.1) is 12.2 Å². The van der Waals surface area contributed by atoms with Gasteiger partial charge in [0.2, 0.25) is 0 Å². The second-order valence-corrected chi connectivity index (χ2v) is 8.06. The van der Waals surface area contributed by atoms with Crippen LogP contribution in [0.1, 0.15) is 40.0 Å². The number of amides is 1. The van der Waals surface area contributed by atoms with E-state index in [0.29, 0.717) is 12.4 Å². The Morgan fingerprint density at radius 2 is 1.77 bits per heavy atom. The number of hydrogen-bond acceptors (Lipinski definition) is 5. The van der Waals surface area contributed by atoms with Gasteiger partial charge in [0.15, 0.2) is 5.82 Å². The molecule has 1 saturated heterocycles. The first-order valence-corrected chi connectivity index (χ1v) is 10.8. The zero-order valence-corrected chi connectivity index (χ0v) is 18.7. The van der Waals surface area contributed by atoms with Crippen LogP contribution in [0.4, 0.5) is 0 Å². The quantitative estimate of drug-likeness (QED) is 0.605. The van der Waals surface area contributed by atoms with E-state index in [1.54, 1.807) is 0 Å². The molecule has 164 valence electrons. The topological polar surface area (TPSA) is 63.7 Å². The van der Waals surface area contributed by atoms with Gasteiger partial charge in [-0.2, -0.15) is 0 Å². The molecule has 0 N–H and O–H groups in total. The van der Waals surface area contributed by atoms with Crippen molar-refractivity contribution in [3.63, 3.8) is 0 Å². The molecule has 0 unspecified atom stereocenters. The summed E-state index contributed by atoms with van der Waals surface area (Å²) in [7, 11) is 0. The first kappa shape index (κ1) is 21.2. The van der Waals surface area contributed by atoms with E-state index >= 15 is 0 Å². The monoisotopic (exact) mass is 422 g/mol. The van der Waals surface area contributed by atoms with Crippen molar-refractivity contribution in [3.8, 4) is 11.6 Å². The summed E-state index contributed by atoms with van der Waals surface area (Å²) < 4.78 is 12.7. The molecule has 1 aromatic carbocycles. The number of nitrogens with zero attached hydrogens (tertiary/aromatic N) is 4. The van der Waals surface area contributed by atoms with E-state index in [-0.39, 0.29) is 5.91 Å². The molecule has 0 bridgehead atoms. The smallest absolute Gasteiger partial charge is 0.255 e. The molecule has 3 heterocycles. The number of aryl methyl sites for hydroxylation is 2. The van der Waals surface area contributed by atoms with Gasteiger partial charge in [-0.05, 0) is 51.5 Å². The first-order valence-electron chi connectivity index (χ1n) is 10.8. The number of carbonyl (C=O) groups excluding carboxylic acids is 1. The minimum Gasteiger partial charge on any atom is -0.494 e. The molecule has 0 saturated carbocycles. The fourth-order valence-electron chi connectivity index (χ4n) is 4.19. The van der Waals surface area contributed by atoms with Gasteiger partial charge in [-0.3, -0.25) is 14.3 Å². The fourth-order valence-corrected chi connectivity index (χ4v) is 4.19. The predicted octanol–water partition coefficient (Wildman–Crippen LogP) is 3.75. The van der Waals surface area contributed by atoms with Gasteiger partial charge in [0, 0.05) is 50.2 Å². The van der Waals surface area contributed by atoms with Gasteiger partial charge < -0.3 is 14.2 Å². The maximum atomic E-state index is 13.2. The van der Waals surface area contributed by atoms with Crippen molar-refractivity contribution >= 4 is 5.91 Å². The molecule has 0 atom stereocenters. The van der Waals surface area contributed by atoms with Gasteiger partial charge in [0.25, 0.3) is 5.91 Å². The van der Waals surface area contributed by atoms with Crippen LogP contribution in [0.15, 0.2) is 40.9 Å². The molecule has 2 aromatic heterocycles. The van der Waals surface area contributed by atoms with Crippen LogP contribution in [-0.4, -0.2) is 58.2 Å². The van der Waals surface area contributed by atoms with Crippen LogP contribution in [0, 0.1) is 20.8 Å². The summed E-state index contributed by atoms with van der Waals surface area (Å²) >= 11 is 0. The molecule has 3 aromatic rings. The lowest BCUT2D eigenvalue weighted by atomic mass is 10.1. The molecule has 1 aliphatic heterocycles. The summed E-state index contributed by atoms with van der Waals surface area (Å²) in [5.74, 6) is 2.45. The van der Waals surface area contributed by atoms with E-state index < -0.39 is 0 Å². The zero-order chi connectivity index (χ0) is 22.0. The molecular weight excluding hydrogens is 392 g/mol. The number of piperazine rings is 1. The Morgan fingerprint density at radius 1 is 1.06 bits per heavy atom. The average Bonchev–Trinajstić information content (AvgIpc) is 3.31. The number of aromatic nitrogens is 2. The van der Waals surface area contributed by atoms with Crippen LogP contribution in [0.5, 0.6) is 5.75 Å². The predicted molar refractivity (Wildman–Crippen MR) is 119 cm³/mol. The zero-order valence-electron chi connectivity index (χ0n) is 18.7.